The fourth-order valence-corrected chi connectivity index (χ4v) is 2.76. The van der Waals surface area contributed by atoms with Crippen LogP contribution in [0.2, 0.25) is 0 Å². The molecule has 5 heteroatoms. The predicted octanol–water partition coefficient (Wildman–Crippen LogP) is 1.66. The maximum absolute atomic E-state index is 12.0. The van der Waals surface area contributed by atoms with Crippen LogP contribution in [0.15, 0.2) is 12.3 Å². The van der Waals surface area contributed by atoms with Crippen LogP contribution in [0.25, 0.3) is 0 Å². The maximum atomic E-state index is 12.0. The average molecular weight is 250 g/mol. The number of aryl methyl sites for hydroxylation is 1. The number of nitrogens with zero attached hydrogens (tertiary/aromatic N) is 2. The summed E-state index contributed by atoms with van der Waals surface area (Å²) in [5, 5.41) is 6.99. The van der Waals surface area contributed by atoms with Gasteiger partial charge >= 0.3 is 0 Å². The van der Waals surface area contributed by atoms with Crippen LogP contribution in [0.5, 0.6) is 0 Å². The molecule has 1 heterocycles. The highest BCUT2D eigenvalue weighted by molar-refractivity contribution is 5.90. The molecule has 1 saturated carbocycles. The lowest BCUT2D eigenvalue weighted by Crippen LogP contribution is -2.36. The largest absolute Gasteiger partial charge is 0.330 e. The quantitative estimate of drug-likeness (QED) is 0.853. The molecule has 2 rings (SSSR count). The second-order valence-electron chi connectivity index (χ2n) is 5.36. The van der Waals surface area contributed by atoms with Gasteiger partial charge in [-0.25, -0.2) is 0 Å². The Balaban J connectivity index is 1.93. The Labute approximate surface area is 108 Å². The second-order valence-corrected chi connectivity index (χ2v) is 5.36. The van der Waals surface area contributed by atoms with Crippen LogP contribution < -0.4 is 11.1 Å². The molecule has 1 fully saturated rings. The van der Waals surface area contributed by atoms with Gasteiger partial charge in [0.05, 0.1) is 0 Å². The van der Waals surface area contributed by atoms with Gasteiger partial charge in [-0.05, 0) is 24.8 Å². The van der Waals surface area contributed by atoms with E-state index in [1.807, 2.05) is 13.2 Å². The highest BCUT2D eigenvalue weighted by atomic mass is 16.1. The molecule has 100 valence electrons. The summed E-state index contributed by atoms with van der Waals surface area (Å²) in [5.74, 6) is 0.645. The third-order valence-corrected chi connectivity index (χ3v) is 3.86. The third-order valence-electron chi connectivity index (χ3n) is 3.86. The van der Waals surface area contributed by atoms with Crippen molar-refractivity contribution in [2.24, 2.45) is 18.2 Å². The first-order chi connectivity index (χ1) is 8.63. The van der Waals surface area contributed by atoms with E-state index in [9.17, 15) is 4.79 Å². The van der Waals surface area contributed by atoms with Crippen molar-refractivity contribution in [3.63, 3.8) is 0 Å². The molecule has 18 heavy (non-hydrogen) atoms. The molecular weight excluding hydrogens is 228 g/mol. The van der Waals surface area contributed by atoms with Crippen LogP contribution in [0.3, 0.4) is 0 Å². The molecule has 0 bridgehead atoms. The highest BCUT2D eigenvalue weighted by Crippen LogP contribution is 2.38. The number of anilines is 1. The van der Waals surface area contributed by atoms with E-state index in [1.165, 1.54) is 19.3 Å². The molecule has 1 amide bonds. The van der Waals surface area contributed by atoms with Gasteiger partial charge in [0, 0.05) is 25.7 Å². The summed E-state index contributed by atoms with van der Waals surface area (Å²) < 4.78 is 1.68. The van der Waals surface area contributed by atoms with Gasteiger partial charge in [-0.15, -0.1) is 0 Å². The van der Waals surface area contributed by atoms with Gasteiger partial charge in [0.1, 0.15) is 0 Å². The van der Waals surface area contributed by atoms with Gasteiger partial charge in [-0.1, -0.05) is 19.3 Å². The molecule has 1 aliphatic rings. The molecule has 0 radical (unpaired) electrons. The zero-order valence-corrected chi connectivity index (χ0v) is 11.0. The SMILES string of the molecule is Cn1ccc(NC(=O)CC2(CN)CCCCC2)n1. The van der Waals surface area contributed by atoms with Crippen LogP contribution in [0.1, 0.15) is 38.5 Å². The lowest BCUT2D eigenvalue weighted by molar-refractivity contribution is -0.118. The summed E-state index contributed by atoms with van der Waals surface area (Å²) in [4.78, 5) is 12.0. The minimum atomic E-state index is 0.0110. The number of hydrogen-bond donors (Lipinski definition) is 2. The van der Waals surface area contributed by atoms with Crippen LogP contribution in [0, 0.1) is 5.41 Å². The second kappa shape index (κ2) is 5.52. The van der Waals surface area contributed by atoms with Crippen molar-refractivity contribution >= 4 is 11.7 Å². The van der Waals surface area contributed by atoms with Gasteiger partial charge in [0.2, 0.25) is 5.91 Å². The van der Waals surface area contributed by atoms with Crippen molar-refractivity contribution in [1.82, 2.24) is 9.78 Å². The smallest absolute Gasteiger partial charge is 0.226 e. The third kappa shape index (κ3) is 3.10. The summed E-state index contributed by atoms with van der Waals surface area (Å²) in [7, 11) is 1.83. The Morgan fingerprint density at radius 3 is 2.78 bits per heavy atom. The van der Waals surface area contributed by atoms with E-state index < -0.39 is 0 Å². The average Bonchev–Trinajstić information content (AvgIpc) is 2.75. The first-order valence-corrected chi connectivity index (χ1v) is 6.63. The first-order valence-electron chi connectivity index (χ1n) is 6.63. The van der Waals surface area contributed by atoms with Crippen LogP contribution >= 0.6 is 0 Å². The number of hydrogen-bond acceptors (Lipinski definition) is 3. The Morgan fingerprint density at radius 1 is 1.50 bits per heavy atom. The zero-order chi connectivity index (χ0) is 13.0. The molecular formula is C13H22N4O. The van der Waals surface area contributed by atoms with Crippen LogP contribution in [0.4, 0.5) is 5.82 Å². The van der Waals surface area contributed by atoms with E-state index in [2.05, 4.69) is 10.4 Å². The monoisotopic (exact) mass is 250 g/mol. The summed E-state index contributed by atoms with van der Waals surface area (Å²) in [6.45, 7) is 0.600. The zero-order valence-electron chi connectivity index (χ0n) is 11.0. The predicted molar refractivity (Wildman–Crippen MR) is 71.0 cm³/mol. The fourth-order valence-electron chi connectivity index (χ4n) is 2.76. The molecule has 0 saturated heterocycles. The number of rotatable bonds is 4. The molecule has 0 aromatic carbocycles. The van der Waals surface area contributed by atoms with E-state index in [1.54, 1.807) is 10.7 Å². The molecule has 0 spiro atoms. The fraction of sp³-hybridized carbons (Fsp3) is 0.692. The number of amides is 1. The Hall–Kier alpha value is -1.36. The van der Waals surface area contributed by atoms with Crippen molar-refractivity contribution in [1.29, 1.82) is 0 Å². The normalized spacial score (nSPS) is 18.6. The van der Waals surface area contributed by atoms with Gasteiger partial charge in [-0.2, -0.15) is 5.10 Å². The summed E-state index contributed by atoms with van der Waals surface area (Å²) in [6, 6.07) is 1.80. The van der Waals surface area contributed by atoms with Gasteiger partial charge in [0.15, 0.2) is 5.82 Å². The van der Waals surface area contributed by atoms with Crippen molar-refractivity contribution in [3.8, 4) is 0 Å². The first kappa shape index (κ1) is 13.1. The number of carbonyl (C=O) groups excluding carboxylic acids is 1. The van der Waals surface area contributed by atoms with Crippen LogP contribution in [-0.4, -0.2) is 22.2 Å². The van der Waals surface area contributed by atoms with E-state index in [0.717, 1.165) is 12.8 Å². The molecule has 0 aliphatic heterocycles. The Morgan fingerprint density at radius 2 is 2.22 bits per heavy atom. The minimum absolute atomic E-state index is 0.0110. The number of carbonyl (C=O) groups is 1. The molecule has 0 unspecified atom stereocenters. The van der Waals surface area contributed by atoms with Gasteiger partial charge < -0.3 is 11.1 Å². The molecule has 0 atom stereocenters. The maximum Gasteiger partial charge on any atom is 0.226 e. The molecule has 1 aromatic rings. The van der Waals surface area contributed by atoms with Crippen molar-refractivity contribution in [2.75, 3.05) is 11.9 Å². The lowest BCUT2D eigenvalue weighted by Gasteiger charge is -2.35. The Kier molecular flexibility index (Phi) is 4.01. The van der Waals surface area contributed by atoms with E-state index in [0.29, 0.717) is 18.8 Å². The summed E-state index contributed by atoms with van der Waals surface area (Å²) in [6.07, 6.45) is 8.11. The van der Waals surface area contributed by atoms with Crippen molar-refractivity contribution in [3.05, 3.63) is 12.3 Å². The standard InChI is InChI=1S/C13H22N4O/c1-17-8-5-11(16-17)15-12(18)9-13(10-14)6-3-2-4-7-13/h5,8H,2-4,6-7,9-10,14H2,1H3,(H,15,16,18). The summed E-state index contributed by atoms with van der Waals surface area (Å²) >= 11 is 0. The van der Waals surface area contributed by atoms with Crippen molar-refractivity contribution in [2.45, 2.75) is 38.5 Å². The molecule has 1 aromatic heterocycles. The van der Waals surface area contributed by atoms with E-state index >= 15 is 0 Å². The van der Waals surface area contributed by atoms with Crippen molar-refractivity contribution < 1.29 is 4.79 Å². The Bertz CT molecular complexity index is 407. The van der Waals surface area contributed by atoms with Gasteiger partial charge in [0.25, 0.3) is 0 Å². The van der Waals surface area contributed by atoms with Gasteiger partial charge in [-0.3, -0.25) is 9.48 Å². The minimum Gasteiger partial charge on any atom is -0.330 e. The molecule has 3 N–H and O–H groups in total. The molecule has 5 nitrogen and oxygen atoms in total. The number of nitrogens with one attached hydrogen (secondary N) is 1. The number of nitrogens with two attached hydrogens (primary N) is 1. The van der Waals surface area contributed by atoms with E-state index in [4.69, 9.17) is 5.73 Å². The summed E-state index contributed by atoms with van der Waals surface area (Å²) in [5.41, 5.74) is 5.90. The molecule has 1 aliphatic carbocycles. The topological polar surface area (TPSA) is 72.9 Å². The van der Waals surface area contributed by atoms with Crippen LogP contribution in [-0.2, 0) is 11.8 Å². The lowest BCUT2D eigenvalue weighted by atomic mass is 9.71. The highest BCUT2D eigenvalue weighted by Gasteiger charge is 2.33. The number of aromatic nitrogens is 2. The van der Waals surface area contributed by atoms with E-state index in [-0.39, 0.29) is 11.3 Å².